The molecule has 0 radical (unpaired) electrons. The zero-order valence-electron chi connectivity index (χ0n) is 11.2. The number of benzene rings is 2. The van der Waals surface area contributed by atoms with Gasteiger partial charge in [-0.25, -0.2) is 0 Å². The van der Waals surface area contributed by atoms with Crippen LogP contribution in [0.4, 0.5) is 5.69 Å². The molecule has 0 atom stereocenters. The van der Waals surface area contributed by atoms with Gasteiger partial charge in [0.15, 0.2) is 5.78 Å². The minimum Gasteiger partial charge on any atom is -0.385 e. The molecule has 0 amide bonds. The first kappa shape index (κ1) is 13.3. The molecule has 19 heavy (non-hydrogen) atoms. The number of anilines is 1. The van der Waals surface area contributed by atoms with E-state index in [4.69, 9.17) is 0 Å². The van der Waals surface area contributed by atoms with Crippen molar-refractivity contribution < 1.29 is 4.79 Å². The summed E-state index contributed by atoms with van der Waals surface area (Å²) in [7, 11) is 0. The van der Waals surface area contributed by atoms with Crippen molar-refractivity contribution in [3.05, 3.63) is 65.7 Å². The zero-order valence-corrected chi connectivity index (χ0v) is 11.2. The third kappa shape index (κ3) is 4.25. The highest BCUT2D eigenvalue weighted by atomic mass is 16.1. The Morgan fingerprint density at radius 1 is 1.00 bits per heavy atom. The number of carbonyl (C=O) groups excluding carboxylic acids is 1. The molecule has 0 saturated heterocycles. The molecule has 0 saturated carbocycles. The Hall–Kier alpha value is -2.09. The van der Waals surface area contributed by atoms with E-state index in [9.17, 15) is 4.79 Å². The van der Waals surface area contributed by atoms with Gasteiger partial charge in [0.25, 0.3) is 0 Å². The van der Waals surface area contributed by atoms with E-state index in [0.717, 1.165) is 30.6 Å². The minimum absolute atomic E-state index is 0.107. The van der Waals surface area contributed by atoms with Crippen LogP contribution in [0.2, 0.25) is 0 Å². The molecule has 0 heterocycles. The number of Topliss-reactive ketones (excluding diaryl/α,β-unsaturated/α-hetero) is 1. The number of hydrogen-bond acceptors (Lipinski definition) is 2. The highest BCUT2D eigenvalue weighted by Crippen LogP contribution is 2.10. The van der Waals surface area contributed by atoms with Gasteiger partial charge in [-0.15, -0.1) is 0 Å². The van der Waals surface area contributed by atoms with Gasteiger partial charge in [0.05, 0.1) is 0 Å². The van der Waals surface area contributed by atoms with Gasteiger partial charge in [-0.2, -0.15) is 0 Å². The second-order valence-electron chi connectivity index (χ2n) is 4.65. The molecule has 2 nitrogen and oxygen atoms in total. The third-order valence-corrected chi connectivity index (χ3v) is 3.11. The van der Waals surface area contributed by atoms with Gasteiger partial charge in [0.1, 0.15) is 0 Å². The molecule has 2 heteroatoms. The minimum atomic E-state index is 0.107. The Morgan fingerprint density at radius 2 is 1.68 bits per heavy atom. The Kier molecular flexibility index (Phi) is 4.73. The summed E-state index contributed by atoms with van der Waals surface area (Å²) >= 11 is 0. The van der Waals surface area contributed by atoms with Crippen LogP contribution in [0.1, 0.15) is 29.3 Å². The zero-order chi connectivity index (χ0) is 13.5. The number of aryl methyl sites for hydroxylation is 1. The van der Waals surface area contributed by atoms with Crippen molar-refractivity contribution in [2.45, 2.75) is 19.8 Å². The van der Waals surface area contributed by atoms with E-state index in [0.29, 0.717) is 0 Å². The fourth-order valence-corrected chi connectivity index (χ4v) is 1.99. The van der Waals surface area contributed by atoms with E-state index < -0.39 is 0 Å². The summed E-state index contributed by atoms with van der Waals surface area (Å²) < 4.78 is 0. The number of ketones is 1. The molecule has 1 N–H and O–H groups in total. The SMILES string of the molecule is CC(=O)c1ccc(NCCCc2ccccc2)cc1. The lowest BCUT2D eigenvalue weighted by Gasteiger charge is -2.07. The Bertz CT molecular complexity index is 517. The van der Waals surface area contributed by atoms with Gasteiger partial charge >= 0.3 is 0 Å². The van der Waals surface area contributed by atoms with Crippen molar-refractivity contribution >= 4 is 11.5 Å². The lowest BCUT2D eigenvalue weighted by Crippen LogP contribution is -2.03. The largest absolute Gasteiger partial charge is 0.385 e. The quantitative estimate of drug-likeness (QED) is 0.624. The summed E-state index contributed by atoms with van der Waals surface area (Å²) in [6.45, 7) is 2.52. The molecule has 2 rings (SSSR count). The van der Waals surface area contributed by atoms with Crippen molar-refractivity contribution in [1.29, 1.82) is 0 Å². The van der Waals surface area contributed by atoms with Gasteiger partial charge in [0.2, 0.25) is 0 Å². The van der Waals surface area contributed by atoms with E-state index in [1.807, 2.05) is 30.3 Å². The lowest BCUT2D eigenvalue weighted by atomic mass is 10.1. The average Bonchev–Trinajstić information content (AvgIpc) is 2.45. The molecular weight excluding hydrogens is 234 g/mol. The smallest absolute Gasteiger partial charge is 0.159 e. The van der Waals surface area contributed by atoms with Crippen LogP contribution >= 0.6 is 0 Å². The van der Waals surface area contributed by atoms with E-state index >= 15 is 0 Å². The summed E-state index contributed by atoms with van der Waals surface area (Å²) in [4.78, 5) is 11.2. The van der Waals surface area contributed by atoms with Crippen LogP contribution in [0.5, 0.6) is 0 Å². The Balaban J connectivity index is 1.75. The van der Waals surface area contributed by atoms with Gasteiger partial charge < -0.3 is 5.32 Å². The molecule has 0 aliphatic rings. The second-order valence-corrected chi connectivity index (χ2v) is 4.65. The van der Waals surface area contributed by atoms with Gasteiger partial charge in [-0.3, -0.25) is 4.79 Å². The first-order valence-electron chi connectivity index (χ1n) is 6.64. The maximum absolute atomic E-state index is 11.2. The standard InChI is InChI=1S/C17H19NO/c1-14(19)16-9-11-17(12-10-16)18-13-5-8-15-6-3-2-4-7-15/h2-4,6-7,9-12,18H,5,8,13H2,1H3. The van der Waals surface area contributed by atoms with Gasteiger partial charge in [-0.1, -0.05) is 30.3 Å². The molecule has 0 spiro atoms. The topological polar surface area (TPSA) is 29.1 Å². The van der Waals surface area contributed by atoms with Crippen molar-refractivity contribution in [3.63, 3.8) is 0 Å². The average molecular weight is 253 g/mol. The molecule has 2 aromatic rings. The summed E-state index contributed by atoms with van der Waals surface area (Å²) in [6.07, 6.45) is 2.18. The third-order valence-electron chi connectivity index (χ3n) is 3.11. The number of nitrogens with one attached hydrogen (secondary N) is 1. The molecule has 0 aliphatic carbocycles. The predicted molar refractivity (Wildman–Crippen MR) is 79.7 cm³/mol. The molecule has 0 aromatic heterocycles. The van der Waals surface area contributed by atoms with Gasteiger partial charge in [0, 0.05) is 17.8 Å². The molecule has 0 fully saturated rings. The fraction of sp³-hybridized carbons (Fsp3) is 0.235. The Labute approximate surface area is 114 Å². The maximum Gasteiger partial charge on any atom is 0.159 e. The van der Waals surface area contributed by atoms with Crippen molar-refractivity contribution in [1.82, 2.24) is 0 Å². The summed E-state index contributed by atoms with van der Waals surface area (Å²) in [5.74, 6) is 0.107. The summed E-state index contributed by atoms with van der Waals surface area (Å²) in [5.41, 5.74) is 3.20. The Morgan fingerprint density at radius 3 is 2.32 bits per heavy atom. The molecular formula is C17H19NO. The lowest BCUT2D eigenvalue weighted by molar-refractivity contribution is 0.101. The number of rotatable bonds is 6. The van der Waals surface area contributed by atoms with Crippen LogP contribution in [0, 0.1) is 0 Å². The molecule has 0 bridgehead atoms. The van der Waals surface area contributed by atoms with E-state index in [2.05, 4.69) is 29.6 Å². The van der Waals surface area contributed by atoms with Crippen LogP contribution < -0.4 is 5.32 Å². The molecule has 98 valence electrons. The fourth-order valence-electron chi connectivity index (χ4n) is 1.99. The monoisotopic (exact) mass is 253 g/mol. The first-order chi connectivity index (χ1) is 9.25. The molecule has 0 aliphatic heterocycles. The van der Waals surface area contributed by atoms with Crippen molar-refractivity contribution in [3.8, 4) is 0 Å². The van der Waals surface area contributed by atoms with Crippen LogP contribution in [-0.4, -0.2) is 12.3 Å². The molecule has 0 unspecified atom stereocenters. The highest BCUT2D eigenvalue weighted by Gasteiger charge is 1.98. The maximum atomic E-state index is 11.2. The number of carbonyl (C=O) groups is 1. The predicted octanol–water partition coefficient (Wildman–Crippen LogP) is 3.93. The first-order valence-corrected chi connectivity index (χ1v) is 6.64. The van der Waals surface area contributed by atoms with E-state index in [1.54, 1.807) is 6.92 Å². The van der Waals surface area contributed by atoms with Crippen LogP contribution in [-0.2, 0) is 6.42 Å². The van der Waals surface area contributed by atoms with Crippen molar-refractivity contribution in [2.24, 2.45) is 0 Å². The van der Waals surface area contributed by atoms with Crippen LogP contribution in [0.3, 0.4) is 0 Å². The van der Waals surface area contributed by atoms with Crippen molar-refractivity contribution in [2.75, 3.05) is 11.9 Å². The van der Waals surface area contributed by atoms with E-state index in [1.165, 1.54) is 5.56 Å². The normalized spacial score (nSPS) is 10.2. The summed E-state index contributed by atoms with van der Waals surface area (Å²) in [5, 5.41) is 3.37. The molecule has 2 aromatic carbocycles. The number of hydrogen-bond donors (Lipinski definition) is 1. The second kappa shape index (κ2) is 6.74. The summed E-state index contributed by atoms with van der Waals surface area (Å²) in [6, 6.07) is 18.1. The van der Waals surface area contributed by atoms with Gasteiger partial charge in [-0.05, 0) is 49.6 Å². The van der Waals surface area contributed by atoms with Crippen LogP contribution in [0.15, 0.2) is 54.6 Å². The van der Waals surface area contributed by atoms with E-state index in [-0.39, 0.29) is 5.78 Å². The highest BCUT2D eigenvalue weighted by molar-refractivity contribution is 5.94. The van der Waals surface area contributed by atoms with Crippen LogP contribution in [0.25, 0.3) is 0 Å².